The van der Waals surface area contributed by atoms with Crippen LogP contribution in [0.25, 0.3) is 11.4 Å². The number of nitrogens with one attached hydrogen (secondary N) is 1. The zero-order valence-corrected chi connectivity index (χ0v) is 17.9. The second-order valence-electron chi connectivity index (χ2n) is 7.15. The van der Waals surface area contributed by atoms with Gasteiger partial charge in [0.1, 0.15) is 11.4 Å². The fourth-order valence-corrected chi connectivity index (χ4v) is 3.96. The van der Waals surface area contributed by atoms with Gasteiger partial charge in [0.2, 0.25) is 0 Å². The minimum Gasteiger partial charge on any atom is -0.384 e. The smallest absolute Gasteiger partial charge is 0.329 e. The van der Waals surface area contributed by atoms with Gasteiger partial charge in [-0.15, -0.1) is 10.2 Å². The monoisotopic (exact) mass is 428 g/mol. The van der Waals surface area contributed by atoms with E-state index in [2.05, 4.69) is 15.2 Å². The number of aromatic amines is 1. The number of thioether (sulfide) groups is 1. The largest absolute Gasteiger partial charge is 0.384 e. The third-order valence-electron chi connectivity index (χ3n) is 4.46. The summed E-state index contributed by atoms with van der Waals surface area (Å²) in [6.07, 6.45) is 0. The molecule has 3 aromatic rings. The van der Waals surface area contributed by atoms with Crippen LogP contribution < -0.4 is 17.0 Å². The van der Waals surface area contributed by atoms with Crippen LogP contribution in [-0.4, -0.2) is 35.9 Å². The highest BCUT2D eigenvalue weighted by molar-refractivity contribution is 7.99. The van der Waals surface area contributed by atoms with Crippen LogP contribution in [0.4, 0.5) is 5.82 Å². The van der Waals surface area contributed by atoms with Gasteiger partial charge in [0.25, 0.3) is 5.56 Å². The summed E-state index contributed by atoms with van der Waals surface area (Å²) in [5, 5.41) is 9.01. The first kappa shape index (κ1) is 21.6. The van der Waals surface area contributed by atoms with E-state index >= 15 is 0 Å². The van der Waals surface area contributed by atoms with Gasteiger partial charge >= 0.3 is 5.69 Å². The molecule has 0 fully saturated rings. The lowest BCUT2D eigenvalue weighted by Crippen LogP contribution is -2.37. The number of hydrogen-bond acceptors (Lipinski definition) is 7. The van der Waals surface area contributed by atoms with Crippen LogP contribution in [0.2, 0.25) is 0 Å². The molecule has 10 heteroatoms. The molecular weight excluding hydrogens is 404 g/mol. The van der Waals surface area contributed by atoms with E-state index in [0.717, 1.165) is 5.56 Å². The SMILES string of the molecule is CCn1c(SCC(=O)c2c(N)n(CC(C)C)c(=O)[nH]c2=O)nnc1-c1ccccc1. The van der Waals surface area contributed by atoms with Gasteiger partial charge in [0, 0.05) is 18.7 Å². The molecule has 0 aliphatic rings. The Bertz CT molecular complexity index is 1160. The summed E-state index contributed by atoms with van der Waals surface area (Å²) in [5.41, 5.74) is 5.35. The Morgan fingerprint density at radius 2 is 1.87 bits per heavy atom. The molecule has 2 aromatic heterocycles. The standard InChI is InChI=1S/C20H24N6O3S/c1-4-25-17(13-8-6-5-7-9-13)23-24-20(25)30-11-14(27)15-16(21)26(10-12(2)3)19(29)22-18(15)28/h5-9,12H,4,10-11,21H2,1-3H3,(H,22,28,29). The predicted molar refractivity (Wildman–Crippen MR) is 117 cm³/mol. The number of rotatable bonds is 8. The average molecular weight is 429 g/mol. The van der Waals surface area contributed by atoms with Crippen molar-refractivity contribution in [2.45, 2.75) is 39.0 Å². The third-order valence-corrected chi connectivity index (χ3v) is 5.43. The summed E-state index contributed by atoms with van der Waals surface area (Å²) < 4.78 is 3.13. The van der Waals surface area contributed by atoms with Crippen molar-refractivity contribution < 1.29 is 4.79 Å². The van der Waals surface area contributed by atoms with Crippen molar-refractivity contribution in [1.82, 2.24) is 24.3 Å². The maximum Gasteiger partial charge on any atom is 0.329 e. The van der Waals surface area contributed by atoms with Crippen LogP contribution in [0.5, 0.6) is 0 Å². The molecule has 9 nitrogen and oxygen atoms in total. The van der Waals surface area contributed by atoms with Gasteiger partial charge in [-0.2, -0.15) is 0 Å². The Kier molecular flexibility index (Phi) is 6.56. The highest BCUT2D eigenvalue weighted by Crippen LogP contribution is 2.24. The summed E-state index contributed by atoms with van der Waals surface area (Å²) in [4.78, 5) is 39.3. The molecule has 3 N–H and O–H groups in total. The van der Waals surface area contributed by atoms with Crippen LogP contribution in [0.15, 0.2) is 45.1 Å². The number of nitrogens with zero attached hydrogens (tertiary/aromatic N) is 4. The first-order chi connectivity index (χ1) is 14.3. The molecule has 0 aliphatic heterocycles. The van der Waals surface area contributed by atoms with E-state index in [1.54, 1.807) is 0 Å². The van der Waals surface area contributed by atoms with E-state index in [1.807, 2.05) is 55.7 Å². The van der Waals surface area contributed by atoms with E-state index in [0.29, 0.717) is 24.1 Å². The van der Waals surface area contributed by atoms with Gasteiger partial charge < -0.3 is 10.3 Å². The number of H-pyrrole nitrogens is 1. The molecule has 1 aromatic carbocycles. The molecule has 0 spiro atoms. The second-order valence-corrected chi connectivity index (χ2v) is 8.09. The molecule has 0 bridgehead atoms. The number of nitrogens with two attached hydrogens (primary N) is 1. The second kappa shape index (κ2) is 9.12. The quantitative estimate of drug-likeness (QED) is 0.415. The molecule has 0 aliphatic carbocycles. The molecule has 0 radical (unpaired) electrons. The number of nitrogen functional groups attached to an aromatic ring is 1. The Balaban J connectivity index is 1.86. The van der Waals surface area contributed by atoms with Crippen molar-refractivity contribution in [2.75, 3.05) is 11.5 Å². The Morgan fingerprint density at radius 1 is 1.17 bits per heavy atom. The number of carbonyl (C=O) groups excluding carboxylic acids is 1. The zero-order valence-electron chi connectivity index (χ0n) is 17.1. The van der Waals surface area contributed by atoms with E-state index in [-0.39, 0.29) is 23.1 Å². The van der Waals surface area contributed by atoms with Gasteiger partial charge in [-0.1, -0.05) is 55.9 Å². The lowest BCUT2D eigenvalue weighted by atomic mass is 10.2. The molecule has 3 rings (SSSR count). The van der Waals surface area contributed by atoms with Crippen LogP contribution in [0.1, 0.15) is 31.1 Å². The first-order valence-corrected chi connectivity index (χ1v) is 10.6. The third kappa shape index (κ3) is 4.38. The summed E-state index contributed by atoms with van der Waals surface area (Å²) in [7, 11) is 0. The van der Waals surface area contributed by atoms with Crippen molar-refractivity contribution in [2.24, 2.45) is 5.92 Å². The number of hydrogen-bond donors (Lipinski definition) is 2. The van der Waals surface area contributed by atoms with Crippen molar-refractivity contribution >= 4 is 23.4 Å². The van der Waals surface area contributed by atoms with E-state index in [9.17, 15) is 14.4 Å². The summed E-state index contributed by atoms with van der Waals surface area (Å²) >= 11 is 1.18. The maximum absolute atomic E-state index is 12.8. The fourth-order valence-electron chi connectivity index (χ4n) is 3.09. The molecule has 0 amide bonds. The number of Topliss-reactive ketones (excluding diaryl/α,β-unsaturated/α-hetero) is 1. The first-order valence-electron chi connectivity index (χ1n) is 9.60. The summed E-state index contributed by atoms with van der Waals surface area (Å²) in [6.45, 7) is 6.72. The van der Waals surface area contributed by atoms with Gasteiger partial charge in [-0.25, -0.2) is 4.79 Å². The van der Waals surface area contributed by atoms with E-state index in [1.165, 1.54) is 16.3 Å². The molecule has 158 valence electrons. The minimum atomic E-state index is -0.773. The molecule has 0 saturated heterocycles. The van der Waals surface area contributed by atoms with Crippen molar-refractivity contribution in [3.63, 3.8) is 0 Å². The predicted octanol–water partition coefficient (Wildman–Crippen LogP) is 2.03. The van der Waals surface area contributed by atoms with Gasteiger partial charge in [0.15, 0.2) is 16.8 Å². The Morgan fingerprint density at radius 3 is 2.50 bits per heavy atom. The van der Waals surface area contributed by atoms with E-state index in [4.69, 9.17) is 5.73 Å². The summed E-state index contributed by atoms with van der Waals surface area (Å²) in [6, 6.07) is 9.64. The van der Waals surface area contributed by atoms with Crippen molar-refractivity contribution in [1.29, 1.82) is 0 Å². The molecule has 2 heterocycles. The topological polar surface area (TPSA) is 129 Å². The highest BCUT2D eigenvalue weighted by Gasteiger charge is 2.21. The molecule has 0 unspecified atom stereocenters. The molecule has 30 heavy (non-hydrogen) atoms. The van der Waals surface area contributed by atoms with Crippen molar-refractivity contribution in [3.05, 3.63) is 56.7 Å². The lowest BCUT2D eigenvalue weighted by Gasteiger charge is -2.13. The van der Waals surface area contributed by atoms with Gasteiger partial charge in [0.05, 0.1) is 5.75 Å². The highest BCUT2D eigenvalue weighted by atomic mass is 32.2. The van der Waals surface area contributed by atoms with Crippen LogP contribution in [0.3, 0.4) is 0 Å². The number of ketones is 1. The Hall–Kier alpha value is -3.14. The maximum atomic E-state index is 12.8. The zero-order chi connectivity index (χ0) is 21.8. The van der Waals surface area contributed by atoms with Gasteiger partial charge in [-0.3, -0.25) is 19.1 Å². The average Bonchev–Trinajstić information content (AvgIpc) is 3.13. The van der Waals surface area contributed by atoms with Crippen LogP contribution >= 0.6 is 11.8 Å². The molecular formula is C20H24N6O3S. The normalized spacial score (nSPS) is 11.2. The van der Waals surface area contributed by atoms with Gasteiger partial charge in [-0.05, 0) is 12.8 Å². The fraction of sp³-hybridized carbons (Fsp3) is 0.350. The van der Waals surface area contributed by atoms with E-state index < -0.39 is 17.0 Å². The summed E-state index contributed by atoms with van der Waals surface area (Å²) in [5.74, 6) is 0.192. The molecule has 0 atom stereocenters. The molecule has 0 saturated carbocycles. The van der Waals surface area contributed by atoms with Crippen LogP contribution in [-0.2, 0) is 13.1 Å². The van der Waals surface area contributed by atoms with Crippen LogP contribution in [0, 0.1) is 5.92 Å². The lowest BCUT2D eigenvalue weighted by molar-refractivity contribution is 0.102. The Labute approximate surface area is 177 Å². The van der Waals surface area contributed by atoms with Crippen molar-refractivity contribution in [3.8, 4) is 11.4 Å². The minimum absolute atomic E-state index is 0.0555. The number of benzene rings is 1. The number of carbonyl (C=O) groups is 1. The number of aromatic nitrogens is 5. The number of anilines is 1.